The Kier molecular flexibility index (Phi) is 4.02. The van der Waals surface area contributed by atoms with Crippen LogP contribution >= 0.6 is 0 Å². The first-order valence-corrected chi connectivity index (χ1v) is 7.87. The molecule has 7 nitrogen and oxygen atoms in total. The molecule has 1 aromatic carbocycles. The lowest BCUT2D eigenvalue weighted by Crippen LogP contribution is -2.38. The number of nitrogens with one attached hydrogen (secondary N) is 1. The molecule has 0 unspecified atom stereocenters. The molecule has 1 heterocycles. The minimum Gasteiger partial charge on any atom is -0.480 e. The third-order valence-electron chi connectivity index (χ3n) is 3.34. The fourth-order valence-corrected chi connectivity index (χ4v) is 3.47. The average Bonchev–Trinajstić information content (AvgIpc) is 2.80. The molecule has 0 aromatic heterocycles. The molecule has 2 rings (SSSR count). The number of carboxylic acid groups (broad SMARTS) is 1. The Morgan fingerprint density at radius 3 is 2.62 bits per heavy atom. The van der Waals surface area contributed by atoms with Crippen LogP contribution in [0.25, 0.3) is 0 Å². The van der Waals surface area contributed by atoms with E-state index in [0.717, 1.165) is 5.56 Å². The highest BCUT2D eigenvalue weighted by atomic mass is 32.2. The van der Waals surface area contributed by atoms with Gasteiger partial charge in [-0.05, 0) is 37.1 Å². The molecule has 0 saturated heterocycles. The molecule has 1 aliphatic rings. The Labute approximate surface area is 122 Å². The lowest BCUT2D eigenvalue weighted by atomic mass is 10.2. The molecule has 1 aromatic rings. The molecule has 0 saturated carbocycles. The first-order valence-electron chi connectivity index (χ1n) is 6.38. The SMILES string of the molecule is CC(=O)N1CCc2cc(S(=O)(=O)N[C@@H](C)C(=O)O)ccc21. The van der Waals surface area contributed by atoms with Crippen LogP contribution in [-0.4, -0.2) is 38.0 Å². The van der Waals surface area contributed by atoms with Gasteiger partial charge in [-0.3, -0.25) is 9.59 Å². The molecular weight excluding hydrogens is 296 g/mol. The fraction of sp³-hybridized carbons (Fsp3) is 0.385. The van der Waals surface area contributed by atoms with E-state index in [0.29, 0.717) is 18.7 Å². The molecule has 0 fully saturated rings. The number of anilines is 1. The molecule has 1 aliphatic heterocycles. The Hall–Kier alpha value is -1.93. The Bertz CT molecular complexity index is 699. The van der Waals surface area contributed by atoms with Crippen molar-refractivity contribution < 1.29 is 23.1 Å². The molecule has 1 atom stereocenters. The smallest absolute Gasteiger partial charge is 0.321 e. The maximum Gasteiger partial charge on any atom is 0.321 e. The van der Waals surface area contributed by atoms with Crippen LogP contribution in [0.5, 0.6) is 0 Å². The van der Waals surface area contributed by atoms with Crippen LogP contribution in [0.1, 0.15) is 19.4 Å². The predicted octanol–water partition coefficient (Wildman–Crippen LogP) is 0.347. The van der Waals surface area contributed by atoms with E-state index in [4.69, 9.17) is 5.11 Å². The Morgan fingerprint density at radius 2 is 2.05 bits per heavy atom. The van der Waals surface area contributed by atoms with E-state index in [1.807, 2.05) is 0 Å². The summed E-state index contributed by atoms with van der Waals surface area (Å²) in [5.74, 6) is -1.34. The van der Waals surface area contributed by atoms with Crippen molar-refractivity contribution in [1.29, 1.82) is 0 Å². The van der Waals surface area contributed by atoms with E-state index < -0.39 is 22.0 Å². The number of aliphatic carboxylic acids is 1. The molecule has 2 N–H and O–H groups in total. The van der Waals surface area contributed by atoms with Gasteiger partial charge in [0.05, 0.1) is 4.90 Å². The second-order valence-electron chi connectivity index (χ2n) is 4.89. The van der Waals surface area contributed by atoms with Gasteiger partial charge in [-0.1, -0.05) is 0 Å². The zero-order valence-electron chi connectivity index (χ0n) is 11.7. The van der Waals surface area contributed by atoms with E-state index in [1.54, 1.807) is 11.0 Å². The van der Waals surface area contributed by atoms with Gasteiger partial charge in [-0.2, -0.15) is 4.72 Å². The number of amides is 1. The zero-order valence-corrected chi connectivity index (χ0v) is 12.5. The molecule has 1 amide bonds. The van der Waals surface area contributed by atoms with Gasteiger partial charge < -0.3 is 10.0 Å². The third kappa shape index (κ3) is 3.06. The van der Waals surface area contributed by atoms with Gasteiger partial charge in [0.15, 0.2) is 0 Å². The quantitative estimate of drug-likeness (QED) is 0.834. The monoisotopic (exact) mass is 312 g/mol. The number of rotatable bonds is 4. The van der Waals surface area contributed by atoms with Crippen LogP contribution in [-0.2, 0) is 26.0 Å². The van der Waals surface area contributed by atoms with Gasteiger partial charge in [-0.25, -0.2) is 8.42 Å². The molecule has 0 bridgehead atoms. The van der Waals surface area contributed by atoms with Crippen molar-refractivity contribution in [3.63, 3.8) is 0 Å². The number of carbonyl (C=O) groups is 2. The van der Waals surface area contributed by atoms with E-state index in [-0.39, 0.29) is 10.8 Å². The first-order chi connectivity index (χ1) is 9.72. The molecule has 8 heteroatoms. The number of carbonyl (C=O) groups excluding carboxylic acids is 1. The maximum atomic E-state index is 12.1. The van der Waals surface area contributed by atoms with Crippen LogP contribution in [0.4, 0.5) is 5.69 Å². The molecule has 0 aliphatic carbocycles. The number of carboxylic acids is 1. The van der Waals surface area contributed by atoms with E-state index >= 15 is 0 Å². The van der Waals surface area contributed by atoms with Crippen molar-refractivity contribution in [2.75, 3.05) is 11.4 Å². The van der Waals surface area contributed by atoms with Crippen LogP contribution in [0.15, 0.2) is 23.1 Å². The molecule has 0 spiro atoms. The van der Waals surface area contributed by atoms with Crippen LogP contribution in [0, 0.1) is 0 Å². The average molecular weight is 312 g/mol. The number of hydrogen-bond acceptors (Lipinski definition) is 4. The highest BCUT2D eigenvalue weighted by molar-refractivity contribution is 7.89. The summed E-state index contributed by atoms with van der Waals surface area (Å²) in [7, 11) is -3.90. The summed E-state index contributed by atoms with van der Waals surface area (Å²) >= 11 is 0. The fourth-order valence-electron chi connectivity index (χ4n) is 2.22. The van der Waals surface area contributed by atoms with Crippen molar-refractivity contribution in [3.05, 3.63) is 23.8 Å². The summed E-state index contributed by atoms with van der Waals surface area (Å²) in [6.07, 6.45) is 0.576. The summed E-state index contributed by atoms with van der Waals surface area (Å²) < 4.78 is 26.3. The summed E-state index contributed by atoms with van der Waals surface area (Å²) in [5.41, 5.74) is 1.46. The number of fused-ring (bicyclic) bond motifs is 1. The molecule has 21 heavy (non-hydrogen) atoms. The number of nitrogens with zero attached hydrogens (tertiary/aromatic N) is 1. The Balaban J connectivity index is 2.31. The lowest BCUT2D eigenvalue weighted by molar-refractivity contribution is -0.138. The van der Waals surface area contributed by atoms with Crippen LogP contribution < -0.4 is 9.62 Å². The maximum absolute atomic E-state index is 12.1. The van der Waals surface area contributed by atoms with Gasteiger partial charge in [0, 0.05) is 19.2 Å². The van der Waals surface area contributed by atoms with Gasteiger partial charge in [0.1, 0.15) is 6.04 Å². The van der Waals surface area contributed by atoms with E-state index in [9.17, 15) is 18.0 Å². The standard InChI is InChI=1S/C13H16N2O5S/c1-8(13(17)18)14-21(19,20)11-3-4-12-10(7-11)5-6-15(12)9(2)16/h3-4,7-8,14H,5-6H2,1-2H3,(H,17,18)/t8-/m0/s1. The normalized spacial score (nSPS) is 15.6. The largest absolute Gasteiger partial charge is 0.480 e. The van der Waals surface area contributed by atoms with Crippen molar-refractivity contribution in [1.82, 2.24) is 4.72 Å². The molecule has 114 valence electrons. The summed E-state index contributed by atoms with van der Waals surface area (Å²) in [6, 6.07) is 3.22. The molecule has 0 radical (unpaired) electrons. The van der Waals surface area contributed by atoms with Crippen molar-refractivity contribution >= 4 is 27.6 Å². The van der Waals surface area contributed by atoms with Gasteiger partial charge in [-0.15, -0.1) is 0 Å². The van der Waals surface area contributed by atoms with E-state index in [2.05, 4.69) is 4.72 Å². The Morgan fingerprint density at radius 1 is 1.38 bits per heavy atom. The minimum absolute atomic E-state index is 0.000230. The van der Waals surface area contributed by atoms with Gasteiger partial charge in [0.25, 0.3) is 0 Å². The third-order valence-corrected chi connectivity index (χ3v) is 4.88. The van der Waals surface area contributed by atoms with Crippen LogP contribution in [0.3, 0.4) is 0 Å². The highest BCUT2D eigenvalue weighted by Gasteiger charge is 2.26. The second kappa shape index (κ2) is 5.45. The summed E-state index contributed by atoms with van der Waals surface area (Å²) in [4.78, 5) is 23.8. The van der Waals surface area contributed by atoms with Crippen LogP contribution in [0.2, 0.25) is 0 Å². The number of benzene rings is 1. The molecular formula is C13H16N2O5S. The first kappa shape index (κ1) is 15.5. The van der Waals surface area contributed by atoms with Crippen molar-refractivity contribution in [2.24, 2.45) is 0 Å². The van der Waals surface area contributed by atoms with Crippen molar-refractivity contribution in [2.45, 2.75) is 31.2 Å². The number of sulfonamides is 1. The van der Waals surface area contributed by atoms with Crippen molar-refractivity contribution in [3.8, 4) is 0 Å². The van der Waals surface area contributed by atoms with Gasteiger partial charge >= 0.3 is 5.97 Å². The minimum atomic E-state index is -3.90. The predicted molar refractivity (Wildman–Crippen MR) is 75.6 cm³/mol. The van der Waals surface area contributed by atoms with Gasteiger partial charge in [0.2, 0.25) is 15.9 Å². The number of hydrogen-bond donors (Lipinski definition) is 2. The summed E-state index contributed by atoms with van der Waals surface area (Å²) in [5, 5.41) is 8.77. The lowest BCUT2D eigenvalue weighted by Gasteiger charge is -2.15. The highest BCUT2D eigenvalue weighted by Crippen LogP contribution is 2.30. The van der Waals surface area contributed by atoms with E-state index in [1.165, 1.54) is 26.0 Å². The zero-order chi connectivity index (χ0) is 15.8. The second-order valence-corrected chi connectivity index (χ2v) is 6.61. The summed E-state index contributed by atoms with van der Waals surface area (Å²) in [6.45, 7) is 3.23. The topological polar surface area (TPSA) is 104 Å².